The molecule has 1 aromatic heterocycles. The fourth-order valence-electron chi connectivity index (χ4n) is 5.84. The lowest BCUT2D eigenvalue weighted by atomic mass is 10.1. The van der Waals surface area contributed by atoms with E-state index in [4.69, 9.17) is 4.98 Å². The number of benzene rings is 6. The Kier molecular flexibility index (Phi) is 11.5. The number of carbonyl (C=O) groups excluding carboxylic acids is 3. The molecular weight excluding hydrogens is 723 g/mol. The third-order valence-electron chi connectivity index (χ3n) is 8.72. The van der Waals surface area contributed by atoms with Gasteiger partial charge in [0.2, 0.25) is 5.91 Å². The van der Waals surface area contributed by atoms with Crippen LogP contribution >= 0.6 is 23.1 Å². The van der Waals surface area contributed by atoms with Crippen molar-refractivity contribution in [2.24, 2.45) is 0 Å². The van der Waals surface area contributed by atoms with E-state index in [1.807, 2.05) is 121 Å². The van der Waals surface area contributed by atoms with Gasteiger partial charge in [-0.1, -0.05) is 103 Å². The predicted octanol–water partition coefficient (Wildman–Crippen LogP) is 9.91. The van der Waals surface area contributed by atoms with Crippen LogP contribution in [0.2, 0.25) is 0 Å². The molecule has 7 aromatic rings. The molecule has 1 unspecified atom stereocenters. The molecule has 0 bridgehead atoms. The van der Waals surface area contributed by atoms with Gasteiger partial charge in [-0.25, -0.2) is 4.98 Å². The molecule has 1 heterocycles. The molecule has 0 saturated carbocycles. The van der Waals surface area contributed by atoms with Crippen LogP contribution in [0.25, 0.3) is 28.1 Å². The number of amides is 3. The Morgan fingerprint density at radius 1 is 0.727 bits per heavy atom. The molecule has 0 spiro atoms. The second-order valence-electron chi connectivity index (χ2n) is 12.8. The standard InChI is InChI=1S/C45H37N5O3S2/c1-50(2)37-24-20-30(21-25-37)26-39(47-42(51)33-15-7-4-8-16-33)43(52)46-36-18-11-19-38(28-36)55-41(32-13-5-3-6-14-32)44(53)49-45-48-40(29-54-45)35-23-22-31-12-9-10-17-34(31)27-35/h3-29,41H,1-2H3,(H,46,52)(H,47,51)(H,48,49,53)/b39-26+. The van der Waals surface area contributed by atoms with E-state index in [1.165, 1.54) is 23.1 Å². The lowest BCUT2D eigenvalue weighted by molar-refractivity contribution is -0.116. The maximum absolute atomic E-state index is 14.0. The normalized spacial score (nSPS) is 11.8. The molecule has 0 radical (unpaired) electrons. The molecular formula is C45H37N5O3S2. The molecule has 272 valence electrons. The van der Waals surface area contributed by atoms with E-state index in [0.29, 0.717) is 16.4 Å². The van der Waals surface area contributed by atoms with Crippen molar-refractivity contribution in [2.75, 3.05) is 29.6 Å². The number of fused-ring (bicyclic) bond motifs is 1. The highest BCUT2D eigenvalue weighted by Crippen LogP contribution is 2.38. The van der Waals surface area contributed by atoms with Gasteiger partial charge in [0.25, 0.3) is 11.8 Å². The van der Waals surface area contributed by atoms with Crippen molar-refractivity contribution in [1.29, 1.82) is 0 Å². The summed E-state index contributed by atoms with van der Waals surface area (Å²) in [5.41, 5.74) is 5.35. The molecule has 0 aliphatic carbocycles. The molecule has 55 heavy (non-hydrogen) atoms. The lowest BCUT2D eigenvalue weighted by Crippen LogP contribution is -2.30. The first kappa shape index (κ1) is 36.9. The Morgan fingerprint density at radius 3 is 2.18 bits per heavy atom. The highest BCUT2D eigenvalue weighted by atomic mass is 32.2. The summed E-state index contributed by atoms with van der Waals surface area (Å²) in [4.78, 5) is 48.5. The molecule has 0 aliphatic rings. The highest BCUT2D eigenvalue weighted by molar-refractivity contribution is 8.00. The summed E-state index contributed by atoms with van der Waals surface area (Å²) < 4.78 is 0. The molecule has 6 aromatic carbocycles. The SMILES string of the molecule is CN(C)c1ccc(/C=C(/NC(=O)c2ccccc2)C(=O)Nc2cccc(SC(C(=O)Nc3nc(-c4ccc5ccccc5c4)cs3)c3ccccc3)c2)cc1. The van der Waals surface area contributed by atoms with E-state index >= 15 is 0 Å². The molecule has 3 N–H and O–H groups in total. The number of hydrogen-bond acceptors (Lipinski definition) is 7. The summed E-state index contributed by atoms with van der Waals surface area (Å²) in [5, 5.41) is 12.9. The minimum absolute atomic E-state index is 0.0811. The number of aromatic nitrogens is 1. The average Bonchev–Trinajstić information content (AvgIpc) is 3.68. The number of rotatable bonds is 12. The number of thioether (sulfide) groups is 1. The van der Waals surface area contributed by atoms with Crippen molar-refractivity contribution in [3.63, 3.8) is 0 Å². The zero-order valence-electron chi connectivity index (χ0n) is 30.1. The lowest BCUT2D eigenvalue weighted by Gasteiger charge is -2.17. The second kappa shape index (κ2) is 17.1. The molecule has 8 nitrogen and oxygen atoms in total. The second-order valence-corrected chi connectivity index (χ2v) is 14.9. The number of carbonyl (C=O) groups is 3. The maximum Gasteiger partial charge on any atom is 0.272 e. The van der Waals surface area contributed by atoms with Gasteiger partial charge in [0.1, 0.15) is 10.9 Å². The Labute approximate surface area is 328 Å². The summed E-state index contributed by atoms with van der Waals surface area (Å²) in [7, 11) is 3.91. The van der Waals surface area contributed by atoms with Crippen molar-refractivity contribution in [3.05, 3.63) is 179 Å². The fraction of sp³-hybridized carbons (Fsp3) is 0.0667. The largest absolute Gasteiger partial charge is 0.378 e. The van der Waals surface area contributed by atoms with Gasteiger partial charge in [-0.3, -0.25) is 14.4 Å². The zero-order chi connectivity index (χ0) is 38.1. The van der Waals surface area contributed by atoms with E-state index in [-0.39, 0.29) is 11.6 Å². The number of anilines is 3. The number of thiazole rings is 1. The van der Waals surface area contributed by atoms with E-state index in [2.05, 4.69) is 40.2 Å². The number of hydrogen-bond donors (Lipinski definition) is 3. The van der Waals surface area contributed by atoms with Crippen LogP contribution < -0.4 is 20.9 Å². The average molecular weight is 760 g/mol. The Morgan fingerprint density at radius 2 is 1.44 bits per heavy atom. The highest BCUT2D eigenvalue weighted by Gasteiger charge is 2.24. The minimum atomic E-state index is -0.620. The van der Waals surface area contributed by atoms with Gasteiger partial charge in [0, 0.05) is 46.9 Å². The Hall–Kier alpha value is -6.49. The molecule has 0 fully saturated rings. The molecule has 0 saturated heterocycles. The van der Waals surface area contributed by atoms with Crippen LogP contribution in [0.5, 0.6) is 0 Å². The Balaban J connectivity index is 1.09. The van der Waals surface area contributed by atoms with E-state index in [9.17, 15) is 14.4 Å². The maximum atomic E-state index is 14.0. The third-order valence-corrected chi connectivity index (χ3v) is 10.7. The first-order valence-corrected chi connectivity index (χ1v) is 19.3. The van der Waals surface area contributed by atoms with Crippen LogP contribution in [0.1, 0.15) is 26.7 Å². The summed E-state index contributed by atoms with van der Waals surface area (Å²) in [5.74, 6) is -1.12. The number of nitrogens with zero attached hydrogens (tertiary/aromatic N) is 2. The molecule has 10 heteroatoms. The smallest absolute Gasteiger partial charge is 0.272 e. The van der Waals surface area contributed by atoms with E-state index < -0.39 is 17.1 Å². The monoisotopic (exact) mass is 759 g/mol. The Bertz CT molecular complexity index is 2480. The topological polar surface area (TPSA) is 103 Å². The summed E-state index contributed by atoms with van der Waals surface area (Å²) in [6, 6.07) is 47.6. The molecule has 1 atom stereocenters. The van der Waals surface area contributed by atoms with Crippen LogP contribution in [0.3, 0.4) is 0 Å². The first-order valence-electron chi connectivity index (χ1n) is 17.5. The van der Waals surface area contributed by atoms with Crippen LogP contribution in [-0.4, -0.2) is 36.8 Å². The number of nitrogens with one attached hydrogen (secondary N) is 3. The first-order chi connectivity index (χ1) is 26.8. The van der Waals surface area contributed by atoms with Crippen molar-refractivity contribution < 1.29 is 14.4 Å². The fourth-order valence-corrected chi connectivity index (χ4v) is 7.65. The van der Waals surface area contributed by atoms with Gasteiger partial charge in [0.15, 0.2) is 5.13 Å². The molecule has 7 rings (SSSR count). The molecule has 3 amide bonds. The van der Waals surface area contributed by atoms with Crippen LogP contribution in [0.15, 0.2) is 168 Å². The van der Waals surface area contributed by atoms with Crippen molar-refractivity contribution in [2.45, 2.75) is 10.1 Å². The summed E-state index contributed by atoms with van der Waals surface area (Å²) in [6.45, 7) is 0. The predicted molar refractivity (Wildman–Crippen MR) is 226 cm³/mol. The van der Waals surface area contributed by atoms with Gasteiger partial charge in [-0.05, 0) is 76.5 Å². The minimum Gasteiger partial charge on any atom is -0.378 e. The van der Waals surface area contributed by atoms with Gasteiger partial charge in [0.05, 0.1) is 5.69 Å². The van der Waals surface area contributed by atoms with Gasteiger partial charge < -0.3 is 20.9 Å². The van der Waals surface area contributed by atoms with Crippen LogP contribution in [0.4, 0.5) is 16.5 Å². The van der Waals surface area contributed by atoms with Gasteiger partial charge in [-0.2, -0.15) is 0 Å². The van der Waals surface area contributed by atoms with Gasteiger partial charge in [-0.15, -0.1) is 23.1 Å². The van der Waals surface area contributed by atoms with Crippen molar-refractivity contribution in [3.8, 4) is 11.3 Å². The van der Waals surface area contributed by atoms with Crippen LogP contribution in [-0.2, 0) is 9.59 Å². The van der Waals surface area contributed by atoms with Crippen molar-refractivity contribution >= 4 is 74.2 Å². The van der Waals surface area contributed by atoms with E-state index in [0.717, 1.165) is 43.7 Å². The zero-order valence-corrected chi connectivity index (χ0v) is 31.7. The third kappa shape index (κ3) is 9.36. The quantitative estimate of drug-likeness (QED) is 0.0847. The molecule has 0 aliphatic heterocycles. The summed E-state index contributed by atoms with van der Waals surface area (Å²) in [6.07, 6.45) is 1.65. The summed E-state index contributed by atoms with van der Waals surface area (Å²) >= 11 is 2.74. The van der Waals surface area contributed by atoms with Crippen molar-refractivity contribution in [1.82, 2.24) is 10.3 Å². The van der Waals surface area contributed by atoms with Gasteiger partial charge >= 0.3 is 0 Å². The van der Waals surface area contributed by atoms with Crippen LogP contribution in [0, 0.1) is 0 Å². The van der Waals surface area contributed by atoms with E-state index in [1.54, 1.807) is 36.4 Å².